The lowest BCUT2D eigenvalue weighted by Crippen LogP contribution is -2.29. The summed E-state index contributed by atoms with van der Waals surface area (Å²) < 4.78 is 19.0. The third-order valence-electron chi connectivity index (χ3n) is 2.89. The van der Waals surface area contributed by atoms with E-state index in [9.17, 15) is 4.39 Å². The molecule has 3 nitrogen and oxygen atoms in total. The zero-order chi connectivity index (χ0) is 13.8. The Labute approximate surface area is 119 Å². The van der Waals surface area contributed by atoms with E-state index in [-0.39, 0.29) is 11.9 Å². The van der Waals surface area contributed by atoms with Crippen LogP contribution < -0.4 is 16.0 Å². The summed E-state index contributed by atoms with van der Waals surface area (Å²) in [5.41, 5.74) is 4.47. The number of nitrogens with two attached hydrogens (primary N) is 1. The SMILES string of the molecule is COc1ccccc1C(NN)c1ccc(F)c(Br)c1. The minimum Gasteiger partial charge on any atom is -0.496 e. The number of ether oxygens (including phenoxy) is 1. The summed E-state index contributed by atoms with van der Waals surface area (Å²) in [6.07, 6.45) is 0. The van der Waals surface area contributed by atoms with E-state index in [0.717, 1.165) is 16.9 Å². The van der Waals surface area contributed by atoms with Crippen LogP contribution in [0.4, 0.5) is 4.39 Å². The molecule has 1 atom stereocenters. The molecule has 3 N–H and O–H groups in total. The molecule has 1 unspecified atom stereocenters. The minimum absolute atomic E-state index is 0.270. The highest BCUT2D eigenvalue weighted by atomic mass is 79.9. The van der Waals surface area contributed by atoms with Crippen LogP contribution in [0.1, 0.15) is 17.2 Å². The molecule has 100 valence electrons. The first-order valence-electron chi connectivity index (χ1n) is 5.71. The molecule has 0 saturated carbocycles. The smallest absolute Gasteiger partial charge is 0.137 e. The van der Waals surface area contributed by atoms with Crippen LogP contribution in [0.25, 0.3) is 0 Å². The molecule has 0 bridgehead atoms. The lowest BCUT2D eigenvalue weighted by atomic mass is 9.98. The van der Waals surface area contributed by atoms with Gasteiger partial charge < -0.3 is 4.74 Å². The fraction of sp³-hybridized carbons (Fsp3) is 0.143. The van der Waals surface area contributed by atoms with Crippen molar-refractivity contribution in [2.24, 2.45) is 5.84 Å². The molecule has 0 heterocycles. The number of methoxy groups -OCH3 is 1. The van der Waals surface area contributed by atoms with Crippen LogP contribution in [-0.4, -0.2) is 7.11 Å². The van der Waals surface area contributed by atoms with Crippen molar-refractivity contribution < 1.29 is 9.13 Å². The third kappa shape index (κ3) is 2.94. The maximum atomic E-state index is 13.3. The molecule has 2 aromatic carbocycles. The average molecular weight is 325 g/mol. The number of rotatable bonds is 4. The van der Waals surface area contributed by atoms with Gasteiger partial charge in [-0.15, -0.1) is 0 Å². The molecule has 0 aliphatic heterocycles. The second-order valence-electron chi connectivity index (χ2n) is 4.02. The van der Waals surface area contributed by atoms with E-state index >= 15 is 0 Å². The molecule has 19 heavy (non-hydrogen) atoms. The Morgan fingerprint density at radius 3 is 2.63 bits per heavy atom. The van der Waals surface area contributed by atoms with E-state index in [2.05, 4.69) is 21.4 Å². The van der Waals surface area contributed by atoms with Crippen molar-refractivity contribution >= 4 is 15.9 Å². The van der Waals surface area contributed by atoms with Gasteiger partial charge in [-0.2, -0.15) is 0 Å². The Bertz CT molecular complexity index is 577. The topological polar surface area (TPSA) is 47.3 Å². The number of hydrazine groups is 1. The molecule has 5 heteroatoms. The van der Waals surface area contributed by atoms with Gasteiger partial charge in [0, 0.05) is 5.56 Å². The van der Waals surface area contributed by atoms with Gasteiger partial charge in [0.1, 0.15) is 11.6 Å². The Kier molecular flexibility index (Phi) is 4.52. The minimum atomic E-state index is -0.306. The van der Waals surface area contributed by atoms with E-state index in [1.165, 1.54) is 6.07 Å². The molecule has 0 saturated heterocycles. The third-order valence-corrected chi connectivity index (χ3v) is 3.50. The predicted octanol–water partition coefficient (Wildman–Crippen LogP) is 3.15. The van der Waals surface area contributed by atoms with Crippen molar-refractivity contribution in [1.29, 1.82) is 0 Å². The summed E-state index contributed by atoms with van der Waals surface area (Å²) in [5, 5.41) is 0. The van der Waals surface area contributed by atoms with Crippen molar-refractivity contribution in [3.8, 4) is 5.75 Å². The van der Waals surface area contributed by atoms with Crippen LogP contribution in [0, 0.1) is 5.82 Å². The zero-order valence-corrected chi connectivity index (χ0v) is 11.9. The predicted molar refractivity (Wildman–Crippen MR) is 76.3 cm³/mol. The van der Waals surface area contributed by atoms with E-state index < -0.39 is 0 Å². The van der Waals surface area contributed by atoms with E-state index in [4.69, 9.17) is 10.6 Å². The molecule has 0 fully saturated rings. The summed E-state index contributed by atoms with van der Waals surface area (Å²) in [6.45, 7) is 0. The molecule has 2 rings (SSSR count). The fourth-order valence-corrected chi connectivity index (χ4v) is 2.36. The van der Waals surface area contributed by atoms with Crippen molar-refractivity contribution in [2.45, 2.75) is 6.04 Å². The van der Waals surface area contributed by atoms with Gasteiger partial charge in [0.25, 0.3) is 0 Å². The highest BCUT2D eigenvalue weighted by Crippen LogP contribution is 2.31. The fourth-order valence-electron chi connectivity index (χ4n) is 1.96. The van der Waals surface area contributed by atoms with Gasteiger partial charge in [-0.25, -0.2) is 9.82 Å². The highest BCUT2D eigenvalue weighted by molar-refractivity contribution is 9.10. The molecule has 0 spiro atoms. The number of halogens is 2. The van der Waals surface area contributed by atoms with Crippen LogP contribution in [0.15, 0.2) is 46.9 Å². The Morgan fingerprint density at radius 1 is 1.26 bits per heavy atom. The van der Waals surface area contributed by atoms with Gasteiger partial charge in [0.05, 0.1) is 17.6 Å². The first kappa shape index (κ1) is 14.0. The monoisotopic (exact) mass is 324 g/mol. The maximum absolute atomic E-state index is 13.3. The highest BCUT2D eigenvalue weighted by Gasteiger charge is 2.17. The normalized spacial score (nSPS) is 12.2. The lowest BCUT2D eigenvalue weighted by Gasteiger charge is -2.19. The Morgan fingerprint density at radius 2 is 2.00 bits per heavy atom. The second kappa shape index (κ2) is 6.14. The van der Waals surface area contributed by atoms with Gasteiger partial charge in [-0.1, -0.05) is 24.3 Å². The van der Waals surface area contributed by atoms with Crippen LogP contribution in [0.2, 0.25) is 0 Å². The summed E-state index contributed by atoms with van der Waals surface area (Å²) in [6, 6.07) is 12.1. The standard InChI is InChI=1S/C14H14BrFN2O/c1-19-13-5-3-2-4-10(13)14(18-17)9-6-7-12(16)11(15)8-9/h2-8,14,18H,17H2,1H3. The summed E-state index contributed by atoms with van der Waals surface area (Å²) >= 11 is 3.18. The molecule has 0 aliphatic carbocycles. The molecular weight excluding hydrogens is 311 g/mol. The van der Waals surface area contributed by atoms with Crippen molar-refractivity contribution in [3.63, 3.8) is 0 Å². The molecular formula is C14H14BrFN2O. The molecule has 0 radical (unpaired) electrons. The molecule has 0 aromatic heterocycles. The van der Waals surface area contributed by atoms with Gasteiger partial charge in [0.15, 0.2) is 0 Å². The van der Waals surface area contributed by atoms with Gasteiger partial charge in [0.2, 0.25) is 0 Å². The molecule has 2 aromatic rings. The first-order chi connectivity index (χ1) is 9.17. The first-order valence-corrected chi connectivity index (χ1v) is 6.50. The summed E-state index contributed by atoms with van der Waals surface area (Å²) in [4.78, 5) is 0. The quantitative estimate of drug-likeness (QED) is 0.671. The largest absolute Gasteiger partial charge is 0.496 e. The number of hydrogen-bond acceptors (Lipinski definition) is 3. The van der Waals surface area contributed by atoms with Crippen molar-refractivity contribution in [1.82, 2.24) is 5.43 Å². The average Bonchev–Trinajstić information content (AvgIpc) is 2.44. The van der Waals surface area contributed by atoms with Crippen LogP contribution in [-0.2, 0) is 0 Å². The number of hydrogen-bond donors (Lipinski definition) is 2. The van der Waals surface area contributed by atoms with Crippen molar-refractivity contribution in [2.75, 3.05) is 7.11 Å². The number of benzene rings is 2. The van der Waals surface area contributed by atoms with E-state index in [0.29, 0.717) is 4.47 Å². The number of nitrogens with one attached hydrogen (secondary N) is 1. The van der Waals surface area contributed by atoms with Gasteiger partial charge in [-0.05, 0) is 39.7 Å². The van der Waals surface area contributed by atoms with Crippen LogP contribution >= 0.6 is 15.9 Å². The van der Waals surface area contributed by atoms with Gasteiger partial charge >= 0.3 is 0 Å². The summed E-state index contributed by atoms with van der Waals surface area (Å²) in [5.74, 6) is 6.06. The lowest BCUT2D eigenvalue weighted by molar-refractivity contribution is 0.404. The van der Waals surface area contributed by atoms with Crippen LogP contribution in [0.5, 0.6) is 5.75 Å². The van der Waals surface area contributed by atoms with Crippen LogP contribution in [0.3, 0.4) is 0 Å². The van der Waals surface area contributed by atoms with Crippen molar-refractivity contribution in [3.05, 3.63) is 63.9 Å². The molecule has 0 amide bonds. The van der Waals surface area contributed by atoms with Gasteiger partial charge in [-0.3, -0.25) is 5.84 Å². The van der Waals surface area contributed by atoms with E-state index in [1.807, 2.05) is 24.3 Å². The Balaban J connectivity index is 2.46. The number of para-hydroxylation sites is 1. The Hall–Kier alpha value is -1.43. The van der Waals surface area contributed by atoms with E-state index in [1.54, 1.807) is 19.2 Å². The maximum Gasteiger partial charge on any atom is 0.137 e. The summed E-state index contributed by atoms with van der Waals surface area (Å²) in [7, 11) is 1.60. The second-order valence-corrected chi connectivity index (χ2v) is 4.87. The molecule has 0 aliphatic rings. The zero-order valence-electron chi connectivity index (χ0n) is 10.4.